The van der Waals surface area contributed by atoms with Crippen LogP contribution in [0, 0.1) is 0 Å². The lowest BCUT2D eigenvalue weighted by atomic mass is 9.92. The first-order valence-electron chi connectivity index (χ1n) is 13.0. The van der Waals surface area contributed by atoms with Gasteiger partial charge in [-0.3, -0.25) is 4.79 Å². The van der Waals surface area contributed by atoms with Gasteiger partial charge in [0.15, 0.2) is 0 Å². The third kappa shape index (κ3) is 6.71. The molecule has 9 heteroatoms. The Bertz CT molecular complexity index is 1030. The highest BCUT2D eigenvalue weighted by molar-refractivity contribution is 6.76. The molecule has 4 heterocycles. The summed E-state index contributed by atoms with van der Waals surface area (Å²) >= 11 is 0. The first-order chi connectivity index (χ1) is 16.9. The predicted octanol–water partition coefficient (Wildman–Crippen LogP) is 4.62. The van der Waals surface area contributed by atoms with Gasteiger partial charge in [-0.25, -0.2) is 9.97 Å². The van der Waals surface area contributed by atoms with Crippen LogP contribution in [0.2, 0.25) is 25.7 Å². The molecule has 35 heavy (non-hydrogen) atoms. The quantitative estimate of drug-likeness (QED) is 0.308. The van der Waals surface area contributed by atoms with Crippen molar-refractivity contribution in [2.75, 3.05) is 38.2 Å². The largest absolute Gasteiger partial charge is 0.381 e. The number of nitrogens with one attached hydrogen (secondary N) is 1. The lowest BCUT2D eigenvalue weighted by Crippen LogP contribution is -2.44. The fourth-order valence-electron chi connectivity index (χ4n) is 4.96. The molecule has 0 unspecified atom stereocenters. The first-order valence-corrected chi connectivity index (χ1v) is 16.7. The highest BCUT2D eigenvalue weighted by Crippen LogP contribution is 2.36. The van der Waals surface area contributed by atoms with Crippen LogP contribution < -0.4 is 5.32 Å². The van der Waals surface area contributed by atoms with Crippen LogP contribution in [0.4, 0.5) is 5.82 Å². The normalized spacial score (nSPS) is 20.1. The second-order valence-corrected chi connectivity index (χ2v) is 16.6. The van der Waals surface area contributed by atoms with E-state index >= 15 is 0 Å². The average Bonchev–Trinajstić information content (AvgIpc) is 3.22. The molecule has 2 aromatic heterocycles. The number of allylic oxidation sites excluding steroid dienone is 1. The van der Waals surface area contributed by atoms with E-state index in [2.05, 4.69) is 45.7 Å². The standard InChI is InChI=1S/C26H41N5O3Si/c1-5-7-23(32)30-11-6-8-21(16-30)29-25-24-22(20-9-12-33-13-10-20)17-31(26(24)28-18-27-25)19-34-14-15-35(2,3)4/h5,7,17-18,20-21H,6,8-16,19H2,1-4H3,(H,27,28,29)/b7-5+/t21-/m1/s1. The van der Waals surface area contributed by atoms with Crippen molar-refractivity contribution >= 4 is 30.8 Å². The van der Waals surface area contributed by atoms with Crippen molar-refractivity contribution in [2.24, 2.45) is 0 Å². The molecule has 2 saturated heterocycles. The molecular weight excluding hydrogens is 458 g/mol. The van der Waals surface area contributed by atoms with Gasteiger partial charge < -0.3 is 24.3 Å². The summed E-state index contributed by atoms with van der Waals surface area (Å²) in [5, 5.41) is 4.77. The Morgan fingerprint density at radius 3 is 2.80 bits per heavy atom. The Kier molecular flexibility index (Phi) is 8.62. The van der Waals surface area contributed by atoms with Gasteiger partial charge in [0.25, 0.3) is 0 Å². The number of anilines is 1. The summed E-state index contributed by atoms with van der Waals surface area (Å²) in [6.45, 7) is 13.3. The summed E-state index contributed by atoms with van der Waals surface area (Å²) < 4.78 is 13.9. The monoisotopic (exact) mass is 499 g/mol. The van der Waals surface area contributed by atoms with E-state index in [1.807, 2.05) is 17.9 Å². The Labute approximate surface area is 210 Å². The van der Waals surface area contributed by atoms with Crippen LogP contribution in [0.5, 0.6) is 0 Å². The third-order valence-corrected chi connectivity index (χ3v) is 8.66. The Morgan fingerprint density at radius 2 is 2.06 bits per heavy atom. The zero-order valence-electron chi connectivity index (χ0n) is 21.8. The molecule has 4 rings (SSSR count). The zero-order valence-corrected chi connectivity index (χ0v) is 22.8. The number of likely N-dealkylation sites (tertiary alicyclic amines) is 1. The lowest BCUT2D eigenvalue weighted by molar-refractivity contribution is -0.127. The summed E-state index contributed by atoms with van der Waals surface area (Å²) in [5.74, 6) is 1.36. The van der Waals surface area contributed by atoms with Crippen LogP contribution >= 0.6 is 0 Å². The van der Waals surface area contributed by atoms with E-state index in [1.165, 1.54) is 5.56 Å². The van der Waals surface area contributed by atoms with Gasteiger partial charge in [-0.2, -0.15) is 0 Å². The summed E-state index contributed by atoms with van der Waals surface area (Å²) in [6, 6.07) is 1.31. The fraction of sp³-hybridized carbons (Fsp3) is 0.654. The van der Waals surface area contributed by atoms with E-state index in [0.29, 0.717) is 19.2 Å². The molecule has 0 radical (unpaired) electrons. The molecule has 0 aliphatic carbocycles. The highest BCUT2D eigenvalue weighted by Gasteiger charge is 2.27. The number of ether oxygens (including phenoxy) is 2. The van der Waals surface area contributed by atoms with Crippen molar-refractivity contribution < 1.29 is 14.3 Å². The smallest absolute Gasteiger partial charge is 0.246 e. The van der Waals surface area contributed by atoms with Gasteiger partial charge in [0.1, 0.15) is 24.5 Å². The van der Waals surface area contributed by atoms with Crippen molar-refractivity contribution in [2.45, 2.75) is 77.0 Å². The van der Waals surface area contributed by atoms with Crippen LogP contribution in [0.25, 0.3) is 11.0 Å². The Hall–Kier alpha value is -2.23. The second kappa shape index (κ2) is 11.7. The number of aromatic nitrogens is 3. The topological polar surface area (TPSA) is 81.5 Å². The van der Waals surface area contributed by atoms with Gasteiger partial charge in [0.05, 0.1) is 5.39 Å². The van der Waals surface area contributed by atoms with Crippen molar-refractivity contribution in [1.29, 1.82) is 0 Å². The van der Waals surface area contributed by atoms with E-state index in [9.17, 15) is 4.79 Å². The second-order valence-electron chi connectivity index (χ2n) is 11.0. The van der Waals surface area contributed by atoms with E-state index in [0.717, 1.165) is 74.9 Å². The molecule has 0 aromatic carbocycles. The SMILES string of the molecule is C/C=C/C(=O)N1CCC[C@@H](Nc2ncnc3c2c(C2CCOCC2)cn3COCC[Si](C)(C)C)C1. The van der Waals surface area contributed by atoms with Gasteiger partial charge in [0.2, 0.25) is 5.91 Å². The molecule has 0 bridgehead atoms. The molecular formula is C26H41N5O3Si. The first kappa shape index (κ1) is 25.8. The third-order valence-electron chi connectivity index (χ3n) is 6.95. The Balaban J connectivity index is 1.58. The molecule has 1 atom stereocenters. The number of carbonyl (C=O) groups excluding carboxylic acids is 1. The summed E-state index contributed by atoms with van der Waals surface area (Å²) in [6.07, 6.45) is 11.3. The van der Waals surface area contributed by atoms with Crippen molar-refractivity contribution in [3.63, 3.8) is 0 Å². The number of hydrogen-bond acceptors (Lipinski definition) is 6. The molecule has 2 fully saturated rings. The van der Waals surface area contributed by atoms with Crippen molar-refractivity contribution in [3.8, 4) is 0 Å². The number of hydrogen-bond donors (Lipinski definition) is 1. The van der Waals surface area contributed by atoms with Crippen LogP contribution in [0.15, 0.2) is 24.7 Å². The van der Waals surface area contributed by atoms with E-state index in [-0.39, 0.29) is 11.9 Å². The minimum atomic E-state index is -1.14. The van der Waals surface area contributed by atoms with Gasteiger partial charge >= 0.3 is 0 Å². The van der Waals surface area contributed by atoms with E-state index in [1.54, 1.807) is 12.4 Å². The summed E-state index contributed by atoms with van der Waals surface area (Å²) in [4.78, 5) is 23.7. The van der Waals surface area contributed by atoms with E-state index < -0.39 is 8.07 Å². The molecule has 2 aromatic rings. The molecule has 0 spiro atoms. The molecule has 192 valence electrons. The van der Waals surface area contributed by atoms with Gasteiger partial charge in [0, 0.05) is 53.2 Å². The molecule has 1 N–H and O–H groups in total. The van der Waals surface area contributed by atoms with Crippen LogP contribution in [0.1, 0.15) is 44.1 Å². The van der Waals surface area contributed by atoms with Gasteiger partial charge in [-0.15, -0.1) is 0 Å². The van der Waals surface area contributed by atoms with Crippen LogP contribution in [-0.2, 0) is 21.0 Å². The molecule has 1 amide bonds. The minimum Gasteiger partial charge on any atom is -0.381 e. The number of amides is 1. The van der Waals surface area contributed by atoms with Crippen LogP contribution in [-0.4, -0.2) is 72.4 Å². The lowest BCUT2D eigenvalue weighted by Gasteiger charge is -2.33. The number of piperidine rings is 1. The highest BCUT2D eigenvalue weighted by atomic mass is 28.3. The molecule has 2 aliphatic rings. The summed E-state index contributed by atoms with van der Waals surface area (Å²) in [5.41, 5.74) is 2.19. The van der Waals surface area contributed by atoms with Gasteiger partial charge in [-0.1, -0.05) is 25.7 Å². The molecule has 0 saturated carbocycles. The summed E-state index contributed by atoms with van der Waals surface area (Å²) in [7, 11) is -1.14. The van der Waals surface area contributed by atoms with Crippen molar-refractivity contribution in [1.82, 2.24) is 19.4 Å². The average molecular weight is 500 g/mol. The zero-order chi connectivity index (χ0) is 24.8. The predicted molar refractivity (Wildman–Crippen MR) is 142 cm³/mol. The maximum atomic E-state index is 12.4. The maximum Gasteiger partial charge on any atom is 0.246 e. The number of fused-ring (bicyclic) bond motifs is 1. The van der Waals surface area contributed by atoms with E-state index in [4.69, 9.17) is 9.47 Å². The molecule has 8 nitrogen and oxygen atoms in total. The van der Waals surface area contributed by atoms with Gasteiger partial charge in [-0.05, 0) is 56.2 Å². The Morgan fingerprint density at radius 1 is 1.26 bits per heavy atom. The fourth-order valence-corrected chi connectivity index (χ4v) is 5.71. The number of rotatable bonds is 9. The number of nitrogens with zero attached hydrogens (tertiary/aromatic N) is 4. The maximum absolute atomic E-state index is 12.4. The molecule has 2 aliphatic heterocycles. The number of carbonyl (C=O) groups is 1. The van der Waals surface area contributed by atoms with Crippen LogP contribution in [0.3, 0.4) is 0 Å². The minimum absolute atomic E-state index is 0.0800. The van der Waals surface area contributed by atoms with Crippen molar-refractivity contribution in [3.05, 3.63) is 30.2 Å².